The van der Waals surface area contributed by atoms with E-state index in [0.29, 0.717) is 12.8 Å². The number of ether oxygens (including phenoxy) is 1. The number of aromatic amines is 1. The minimum absolute atomic E-state index is 0.0309. The van der Waals surface area contributed by atoms with Gasteiger partial charge in [-0.2, -0.15) is 4.98 Å². The second kappa shape index (κ2) is 22.2. The number of aliphatic hydroxyl groups excluding tert-OH is 1. The van der Waals surface area contributed by atoms with Crippen LogP contribution < -0.4 is 21.7 Å². The maximum Gasteiger partial charge on any atom is 0.405 e. The van der Waals surface area contributed by atoms with E-state index in [0.717, 1.165) is 38.5 Å². The molecule has 0 bridgehead atoms. The molecule has 3 rings (SSSR count). The smallest absolute Gasteiger partial charge is 0.387 e. The number of imidazole rings is 1. The van der Waals surface area contributed by atoms with Gasteiger partial charge in [0.05, 0.1) is 12.9 Å². The molecule has 286 valence electrons. The van der Waals surface area contributed by atoms with Crippen LogP contribution in [-0.4, -0.2) is 80.3 Å². The third kappa shape index (κ3) is 13.6. The Kier molecular flexibility index (Phi) is 18.1. The first-order valence-electron chi connectivity index (χ1n) is 17.5. The largest absolute Gasteiger partial charge is 0.405 e. The van der Waals surface area contributed by atoms with E-state index in [9.17, 15) is 24.4 Å². The van der Waals surface area contributed by atoms with Gasteiger partial charge in [-0.25, -0.2) is 14.6 Å². The van der Waals surface area contributed by atoms with Crippen molar-refractivity contribution >= 4 is 30.8 Å². The molecule has 7 N–H and O–H groups in total. The molecule has 3 heterocycles. The van der Waals surface area contributed by atoms with Gasteiger partial charge in [0.1, 0.15) is 17.8 Å². The van der Waals surface area contributed by atoms with Gasteiger partial charge in [-0.15, -0.1) is 0 Å². The zero-order valence-corrected chi connectivity index (χ0v) is 31.1. The summed E-state index contributed by atoms with van der Waals surface area (Å²) in [5.74, 6) is -0.319. The standard InChI is InChI=1S/C36H54N7O8P/c1-4-5-6-7-8-9-10-11-12-13-14-15-16-17-18-19-20-21-22-23-29(44)38-24-25-40-52(48,49-3)50-26-28-31(45)36(2,47)34(51-28)43-27-39-30-32(43)41-35(37)42-33(30)46/h5-6,8-9,11-12,14-15,17-18,20-21,27-28,31,34,45,47H,4,7,10,13,16,19,22-26H2,1-3H3,(H,38,44)(H,40,48)(H3,37,41,42,46)/b6-5-,9-8-,12-11-,15-14-,18-17-,21-20-/t28-,31-,34-,36-,52?/m1/s1. The van der Waals surface area contributed by atoms with Gasteiger partial charge >= 0.3 is 7.75 Å². The SMILES string of the molecule is CC/C=C\C/C=C\C/C=C\C/C=C\C/C=C\C/C=C\CCC(=O)NCCNP(=O)(OC)OC[C@H]1O[C@@H](n2cnc3c(=O)[nH]c(N)nc32)[C@](C)(O)[C@@H]1O. The van der Waals surface area contributed by atoms with Gasteiger partial charge in [0, 0.05) is 26.6 Å². The summed E-state index contributed by atoms with van der Waals surface area (Å²) in [6.07, 6.45) is 29.5. The zero-order chi connectivity index (χ0) is 37.8. The molecule has 16 heteroatoms. The number of nitrogens with two attached hydrogens (primary N) is 1. The molecule has 2 aromatic heterocycles. The molecule has 1 saturated heterocycles. The van der Waals surface area contributed by atoms with E-state index in [-0.39, 0.29) is 36.1 Å². The summed E-state index contributed by atoms with van der Waals surface area (Å²) in [7, 11) is -2.68. The molecule has 0 radical (unpaired) electrons. The lowest BCUT2D eigenvalue weighted by atomic mass is 9.96. The van der Waals surface area contributed by atoms with Gasteiger partial charge in [0.2, 0.25) is 11.9 Å². The zero-order valence-electron chi connectivity index (χ0n) is 30.2. The first kappa shape index (κ1) is 42.5. The molecular weight excluding hydrogens is 689 g/mol. The van der Waals surface area contributed by atoms with E-state index in [4.69, 9.17) is 19.5 Å². The fourth-order valence-corrected chi connectivity index (χ4v) is 6.22. The van der Waals surface area contributed by atoms with Crippen molar-refractivity contribution < 1.29 is 33.4 Å². The lowest BCUT2D eigenvalue weighted by molar-refractivity contribution is -0.120. The number of H-pyrrole nitrogens is 1. The van der Waals surface area contributed by atoms with Gasteiger partial charge in [0.25, 0.3) is 5.56 Å². The fraction of sp³-hybridized carbons (Fsp3) is 0.500. The fourth-order valence-electron chi connectivity index (χ4n) is 5.16. The molecule has 1 aliphatic heterocycles. The average molecular weight is 744 g/mol. The summed E-state index contributed by atoms with van der Waals surface area (Å²) in [6.45, 7) is 3.29. The van der Waals surface area contributed by atoms with E-state index >= 15 is 0 Å². The Morgan fingerprint density at radius 1 is 1.04 bits per heavy atom. The van der Waals surface area contributed by atoms with Crippen LogP contribution in [-0.2, 0) is 23.1 Å². The van der Waals surface area contributed by atoms with E-state index in [1.807, 2.05) is 12.2 Å². The van der Waals surface area contributed by atoms with Gasteiger partial charge in [-0.3, -0.25) is 23.7 Å². The third-order valence-electron chi connectivity index (χ3n) is 7.99. The number of fused-ring (bicyclic) bond motifs is 1. The van der Waals surface area contributed by atoms with Crippen molar-refractivity contribution in [2.24, 2.45) is 0 Å². The van der Waals surface area contributed by atoms with E-state index in [1.54, 1.807) is 0 Å². The van der Waals surface area contributed by atoms with Crippen LogP contribution in [0.15, 0.2) is 84.0 Å². The Morgan fingerprint density at radius 3 is 2.19 bits per heavy atom. The van der Waals surface area contributed by atoms with Crippen molar-refractivity contribution in [3.8, 4) is 0 Å². The number of rotatable bonds is 23. The van der Waals surface area contributed by atoms with Crippen molar-refractivity contribution in [2.45, 2.75) is 89.3 Å². The number of hydrogen-bond acceptors (Lipinski definition) is 11. The summed E-state index contributed by atoms with van der Waals surface area (Å²) in [5, 5.41) is 27.3. The van der Waals surface area contributed by atoms with E-state index in [1.165, 1.54) is 24.9 Å². The molecule has 1 unspecified atom stereocenters. The normalized spacial score (nSPS) is 22.4. The maximum absolute atomic E-state index is 13.1. The molecule has 0 spiro atoms. The summed E-state index contributed by atoms with van der Waals surface area (Å²) >= 11 is 0. The minimum atomic E-state index is -3.87. The van der Waals surface area contributed by atoms with Crippen LogP contribution >= 0.6 is 7.75 Å². The highest BCUT2D eigenvalue weighted by atomic mass is 31.2. The quantitative estimate of drug-likeness (QED) is 0.0521. The second-order valence-electron chi connectivity index (χ2n) is 12.2. The van der Waals surface area contributed by atoms with E-state index in [2.05, 4.69) is 93.0 Å². The van der Waals surface area contributed by atoms with Crippen LogP contribution in [0.25, 0.3) is 11.2 Å². The number of nitrogen functional groups attached to an aromatic ring is 1. The summed E-state index contributed by atoms with van der Waals surface area (Å²) < 4.78 is 30.8. The number of carbonyl (C=O) groups is 1. The molecular formula is C36H54N7O8P. The number of carbonyl (C=O) groups excluding carboxylic acids is 1. The second-order valence-corrected chi connectivity index (χ2v) is 14.1. The molecule has 0 saturated carbocycles. The van der Waals surface area contributed by atoms with Gasteiger partial charge < -0.3 is 30.5 Å². The van der Waals surface area contributed by atoms with Gasteiger partial charge in [0.15, 0.2) is 17.4 Å². The summed E-state index contributed by atoms with van der Waals surface area (Å²) in [6, 6.07) is 0. The van der Waals surface area contributed by atoms with Crippen LogP contribution in [0.3, 0.4) is 0 Å². The predicted molar refractivity (Wildman–Crippen MR) is 202 cm³/mol. The Balaban J connectivity index is 1.28. The minimum Gasteiger partial charge on any atom is -0.387 e. The monoisotopic (exact) mass is 743 g/mol. The first-order valence-corrected chi connectivity index (χ1v) is 19.1. The number of hydrogen-bond donors (Lipinski definition) is 6. The van der Waals surface area contributed by atoms with Crippen LogP contribution in [0.2, 0.25) is 0 Å². The highest BCUT2D eigenvalue weighted by Gasteiger charge is 2.54. The average Bonchev–Trinajstić information content (AvgIpc) is 3.63. The number of aliphatic hydroxyl groups is 2. The molecule has 0 aromatic carbocycles. The van der Waals surface area contributed by atoms with Crippen LogP contribution in [0, 0.1) is 0 Å². The highest BCUT2D eigenvalue weighted by Crippen LogP contribution is 2.45. The van der Waals surface area contributed by atoms with Gasteiger partial charge in [-0.05, 0) is 51.9 Å². The number of allylic oxidation sites excluding steroid dienone is 12. The van der Waals surface area contributed by atoms with Crippen molar-refractivity contribution in [2.75, 3.05) is 32.5 Å². The lowest BCUT2D eigenvalue weighted by Gasteiger charge is -2.27. The van der Waals surface area contributed by atoms with Crippen molar-refractivity contribution in [1.82, 2.24) is 29.9 Å². The molecule has 0 aliphatic carbocycles. The van der Waals surface area contributed by atoms with Crippen molar-refractivity contribution in [3.63, 3.8) is 0 Å². The third-order valence-corrected chi connectivity index (χ3v) is 9.57. The number of nitrogens with one attached hydrogen (secondary N) is 3. The first-order chi connectivity index (χ1) is 25.0. The Hall–Kier alpha value is -3.95. The molecule has 1 fully saturated rings. The maximum atomic E-state index is 13.1. The number of aromatic nitrogens is 4. The summed E-state index contributed by atoms with van der Waals surface area (Å²) in [4.78, 5) is 34.8. The Bertz CT molecular complexity index is 1690. The Labute approximate surface area is 305 Å². The number of amides is 1. The summed E-state index contributed by atoms with van der Waals surface area (Å²) in [5.41, 5.74) is 3.23. The van der Waals surface area contributed by atoms with Crippen LogP contribution in [0.4, 0.5) is 5.95 Å². The predicted octanol–water partition coefficient (Wildman–Crippen LogP) is 4.67. The lowest BCUT2D eigenvalue weighted by Crippen LogP contribution is -2.44. The van der Waals surface area contributed by atoms with E-state index < -0.39 is 43.9 Å². The van der Waals surface area contributed by atoms with Crippen LogP contribution in [0.1, 0.15) is 71.4 Å². The molecule has 1 amide bonds. The molecule has 15 nitrogen and oxygen atoms in total. The molecule has 52 heavy (non-hydrogen) atoms. The molecule has 5 atom stereocenters. The molecule has 1 aliphatic rings. The number of anilines is 1. The topological polar surface area (TPSA) is 216 Å². The van der Waals surface area contributed by atoms with Crippen molar-refractivity contribution in [3.05, 3.63) is 89.6 Å². The number of nitrogens with zero attached hydrogens (tertiary/aromatic N) is 3. The van der Waals surface area contributed by atoms with Gasteiger partial charge in [-0.1, -0.05) is 79.8 Å². The Morgan fingerprint density at radius 2 is 1.62 bits per heavy atom. The molecule has 2 aromatic rings. The van der Waals surface area contributed by atoms with Crippen LogP contribution in [0.5, 0.6) is 0 Å². The highest BCUT2D eigenvalue weighted by molar-refractivity contribution is 7.51. The van der Waals surface area contributed by atoms with Crippen molar-refractivity contribution in [1.29, 1.82) is 0 Å².